The molecule has 0 bridgehead atoms. The van der Waals surface area contributed by atoms with E-state index in [4.69, 9.17) is 0 Å². The number of pyridine rings is 1. The van der Waals surface area contributed by atoms with E-state index in [0.717, 1.165) is 6.07 Å². The van der Waals surface area contributed by atoms with Gasteiger partial charge in [0.2, 0.25) is 17.8 Å². The Balaban J connectivity index is 1.73. The van der Waals surface area contributed by atoms with Crippen LogP contribution in [-0.2, 0) is 9.59 Å². The van der Waals surface area contributed by atoms with Gasteiger partial charge in [-0.05, 0) is 38.2 Å². The van der Waals surface area contributed by atoms with Gasteiger partial charge in [0.1, 0.15) is 5.82 Å². The second-order valence-corrected chi connectivity index (χ2v) is 9.22. The molecule has 36 heavy (non-hydrogen) atoms. The number of piperazine rings is 1. The lowest BCUT2D eigenvalue weighted by molar-refractivity contribution is -0.197. The highest BCUT2D eigenvalue weighted by atomic mass is 19.4. The van der Waals surface area contributed by atoms with E-state index in [2.05, 4.69) is 20.5 Å². The van der Waals surface area contributed by atoms with Gasteiger partial charge in [0.25, 0.3) is 0 Å². The summed E-state index contributed by atoms with van der Waals surface area (Å²) in [6, 6.07) is 6.37. The summed E-state index contributed by atoms with van der Waals surface area (Å²) >= 11 is 0. The minimum absolute atomic E-state index is 0.0283. The number of amides is 2. The Morgan fingerprint density at radius 2 is 1.94 bits per heavy atom. The van der Waals surface area contributed by atoms with Crippen molar-refractivity contribution in [3.8, 4) is 11.3 Å². The fourth-order valence-corrected chi connectivity index (χ4v) is 4.57. The molecule has 1 aromatic carbocycles. The van der Waals surface area contributed by atoms with E-state index in [1.54, 1.807) is 0 Å². The van der Waals surface area contributed by atoms with Crippen LogP contribution < -0.4 is 15.5 Å². The lowest BCUT2D eigenvalue weighted by Gasteiger charge is -2.40. The maximum Gasteiger partial charge on any atom is 0.393 e. The van der Waals surface area contributed by atoms with Gasteiger partial charge in [0.05, 0.1) is 28.9 Å². The molecule has 2 saturated heterocycles. The van der Waals surface area contributed by atoms with Crippen molar-refractivity contribution < 1.29 is 31.5 Å². The minimum atomic E-state index is -4.76. The number of rotatable bonds is 4. The molecule has 2 unspecified atom stereocenters. The van der Waals surface area contributed by atoms with Gasteiger partial charge in [-0.3, -0.25) is 9.59 Å². The van der Waals surface area contributed by atoms with Crippen molar-refractivity contribution in [2.75, 3.05) is 43.4 Å². The normalized spacial score (nSPS) is 23.4. The molecular weight excluding hydrogens is 485 g/mol. The van der Waals surface area contributed by atoms with Crippen molar-refractivity contribution in [1.29, 1.82) is 0 Å². The number of hydrogen-bond acceptors (Lipinski definition) is 5. The molecule has 4 rings (SSSR count). The highest BCUT2D eigenvalue weighted by Crippen LogP contribution is 2.39. The zero-order valence-corrected chi connectivity index (χ0v) is 19.7. The van der Waals surface area contributed by atoms with Crippen LogP contribution in [0.1, 0.15) is 13.3 Å². The summed E-state index contributed by atoms with van der Waals surface area (Å²) in [4.78, 5) is 32.4. The van der Waals surface area contributed by atoms with Gasteiger partial charge in [0.15, 0.2) is 0 Å². The van der Waals surface area contributed by atoms with Crippen LogP contribution in [0.5, 0.6) is 0 Å². The number of nitrogens with zero attached hydrogens (tertiary/aromatic N) is 3. The Hall–Kier alpha value is -3.28. The smallest absolute Gasteiger partial charge is 0.367 e. The van der Waals surface area contributed by atoms with Crippen LogP contribution in [0.15, 0.2) is 30.3 Å². The van der Waals surface area contributed by atoms with Gasteiger partial charge in [0, 0.05) is 44.2 Å². The number of carbonyl (C=O) groups is 2. The molecule has 2 N–H and O–H groups in total. The predicted octanol–water partition coefficient (Wildman–Crippen LogP) is 3.42. The van der Waals surface area contributed by atoms with Crippen LogP contribution >= 0.6 is 0 Å². The van der Waals surface area contributed by atoms with E-state index in [9.17, 15) is 27.2 Å². The molecule has 0 aliphatic carbocycles. The SMILES string of the molecule is C[C@H]1CN(c2cc(F)c(-c3cccc(F)n3)cc2NC(=O)C2CNC(=O)CC2C(F)(F)F)CCN1C. The van der Waals surface area contributed by atoms with Gasteiger partial charge in [-0.15, -0.1) is 0 Å². The standard InChI is InChI=1S/C24H26F5N5O2/c1-13-12-34(7-6-33(13)2)20-10-17(25)14(18-4-3-5-21(26)31-18)8-19(20)32-23(36)15-11-30-22(35)9-16(15)24(27,28)29/h3-5,8,10,13,15-16H,6-7,9,11-12H2,1-2H3,(H,30,35)(H,32,36)/t13-,15?,16?/m0/s1. The Morgan fingerprint density at radius 3 is 2.61 bits per heavy atom. The molecule has 12 heteroatoms. The van der Waals surface area contributed by atoms with Crippen LogP contribution in [0.2, 0.25) is 0 Å². The summed E-state index contributed by atoms with van der Waals surface area (Å²) in [7, 11) is 1.94. The van der Waals surface area contributed by atoms with Gasteiger partial charge >= 0.3 is 6.18 Å². The summed E-state index contributed by atoms with van der Waals surface area (Å²) in [6.45, 7) is 3.13. The Kier molecular flexibility index (Phi) is 7.17. The second kappa shape index (κ2) is 10.00. The van der Waals surface area contributed by atoms with Gasteiger partial charge < -0.3 is 20.4 Å². The van der Waals surface area contributed by atoms with E-state index in [1.807, 2.05) is 18.9 Å². The molecule has 0 spiro atoms. The number of benzene rings is 1. The van der Waals surface area contributed by atoms with E-state index < -0.39 is 54.6 Å². The average molecular weight is 511 g/mol. The number of anilines is 2. The maximum atomic E-state index is 15.2. The largest absolute Gasteiger partial charge is 0.393 e. The predicted molar refractivity (Wildman–Crippen MR) is 123 cm³/mol. The van der Waals surface area contributed by atoms with E-state index in [0.29, 0.717) is 25.3 Å². The lowest BCUT2D eigenvalue weighted by atomic mass is 9.84. The van der Waals surface area contributed by atoms with Gasteiger partial charge in [-0.25, -0.2) is 9.37 Å². The van der Waals surface area contributed by atoms with Crippen LogP contribution in [0.3, 0.4) is 0 Å². The number of alkyl halides is 3. The summed E-state index contributed by atoms with van der Waals surface area (Å²) in [5, 5.41) is 4.85. The molecule has 3 heterocycles. The number of halogens is 5. The first kappa shape index (κ1) is 25.8. The van der Waals surface area contributed by atoms with Crippen molar-refractivity contribution in [1.82, 2.24) is 15.2 Å². The Bertz CT molecular complexity index is 1160. The average Bonchev–Trinajstić information content (AvgIpc) is 2.81. The number of piperidine rings is 1. The van der Waals surface area contributed by atoms with E-state index in [-0.39, 0.29) is 23.0 Å². The fraction of sp³-hybridized carbons (Fsp3) is 0.458. The van der Waals surface area contributed by atoms with Crippen molar-refractivity contribution in [3.63, 3.8) is 0 Å². The molecule has 0 radical (unpaired) electrons. The third kappa shape index (κ3) is 5.43. The summed E-state index contributed by atoms with van der Waals surface area (Å²) in [5.41, 5.74) is 0.237. The first-order chi connectivity index (χ1) is 16.9. The van der Waals surface area contributed by atoms with Crippen molar-refractivity contribution in [2.45, 2.75) is 25.6 Å². The zero-order chi connectivity index (χ0) is 26.2. The third-order valence-electron chi connectivity index (χ3n) is 6.80. The highest BCUT2D eigenvalue weighted by molar-refractivity contribution is 5.98. The monoisotopic (exact) mass is 511 g/mol. The molecule has 2 aliphatic rings. The summed E-state index contributed by atoms with van der Waals surface area (Å²) < 4.78 is 69.8. The molecular formula is C24H26F5N5O2. The number of carbonyl (C=O) groups excluding carboxylic acids is 2. The quantitative estimate of drug-likeness (QED) is 0.486. The van der Waals surface area contributed by atoms with Crippen LogP contribution in [0.25, 0.3) is 11.3 Å². The third-order valence-corrected chi connectivity index (χ3v) is 6.80. The molecule has 0 saturated carbocycles. The second-order valence-electron chi connectivity index (χ2n) is 9.22. The number of aromatic nitrogens is 1. The fourth-order valence-electron chi connectivity index (χ4n) is 4.57. The van der Waals surface area contributed by atoms with Crippen LogP contribution in [0.4, 0.5) is 33.3 Å². The summed E-state index contributed by atoms with van der Waals surface area (Å²) in [5.74, 6) is -7.00. The molecule has 3 atom stereocenters. The van der Waals surface area contributed by atoms with Gasteiger partial charge in [-0.1, -0.05) is 6.07 Å². The molecule has 2 aliphatic heterocycles. The van der Waals surface area contributed by atoms with Crippen LogP contribution in [0, 0.1) is 23.6 Å². The lowest BCUT2D eigenvalue weighted by Crippen LogP contribution is -2.51. The molecule has 2 aromatic rings. The number of likely N-dealkylation sites (N-methyl/N-ethyl adjacent to an activating group) is 1. The first-order valence-corrected chi connectivity index (χ1v) is 11.5. The van der Waals surface area contributed by atoms with Crippen molar-refractivity contribution in [3.05, 3.63) is 42.1 Å². The topological polar surface area (TPSA) is 77.6 Å². The molecule has 2 amide bonds. The number of hydrogen-bond donors (Lipinski definition) is 2. The molecule has 194 valence electrons. The zero-order valence-electron chi connectivity index (χ0n) is 19.7. The van der Waals surface area contributed by atoms with Crippen LogP contribution in [-0.4, -0.2) is 67.1 Å². The Labute approximate surface area is 204 Å². The summed E-state index contributed by atoms with van der Waals surface area (Å²) in [6.07, 6.45) is -5.61. The number of nitrogens with one attached hydrogen (secondary N) is 2. The van der Waals surface area contributed by atoms with Gasteiger partial charge in [-0.2, -0.15) is 17.6 Å². The van der Waals surface area contributed by atoms with E-state index >= 15 is 4.39 Å². The molecule has 7 nitrogen and oxygen atoms in total. The Morgan fingerprint density at radius 1 is 1.19 bits per heavy atom. The maximum absolute atomic E-state index is 15.2. The molecule has 2 fully saturated rings. The van der Waals surface area contributed by atoms with Crippen molar-refractivity contribution in [2.24, 2.45) is 11.8 Å². The van der Waals surface area contributed by atoms with E-state index in [1.165, 1.54) is 24.3 Å². The first-order valence-electron chi connectivity index (χ1n) is 11.5. The molecule has 1 aromatic heterocycles. The highest BCUT2D eigenvalue weighted by Gasteiger charge is 2.50. The minimum Gasteiger partial charge on any atom is -0.367 e. The van der Waals surface area contributed by atoms with Crippen molar-refractivity contribution >= 4 is 23.2 Å².